The van der Waals surface area contributed by atoms with Gasteiger partial charge in [-0.3, -0.25) is 0 Å². The summed E-state index contributed by atoms with van der Waals surface area (Å²) in [5.74, 6) is 0. The summed E-state index contributed by atoms with van der Waals surface area (Å²) >= 11 is -3.83. The van der Waals surface area contributed by atoms with E-state index in [4.69, 9.17) is 6.15 Å². The minimum atomic E-state index is -3.83. The van der Waals surface area contributed by atoms with E-state index in [1.54, 1.807) is 0 Å². The van der Waals surface area contributed by atoms with Crippen molar-refractivity contribution in [3.8, 4) is 0 Å². The van der Waals surface area contributed by atoms with Crippen LogP contribution in [-0.4, -0.2) is 32.4 Å². The van der Waals surface area contributed by atoms with E-state index in [-0.39, 0.29) is 0 Å². The zero-order chi connectivity index (χ0) is 21.2. The Labute approximate surface area is 190 Å². The molecule has 4 aromatic rings. The van der Waals surface area contributed by atoms with Crippen molar-refractivity contribution in [3.05, 3.63) is 132 Å². The fraction of sp³-hybridized carbons (Fsp3) is 0.143. The Hall–Kier alpha value is -2.40. The molecule has 0 aliphatic heterocycles. The van der Waals surface area contributed by atoms with E-state index >= 15 is 0 Å². The van der Waals surface area contributed by atoms with Gasteiger partial charge in [0.25, 0.3) is 0 Å². The quantitative estimate of drug-likeness (QED) is 0.284. The third-order valence-electron chi connectivity index (χ3n) is 5.39. The van der Waals surface area contributed by atoms with Crippen LogP contribution in [0.5, 0.6) is 0 Å². The van der Waals surface area contributed by atoms with E-state index in [2.05, 4.69) is 121 Å². The summed E-state index contributed by atoms with van der Waals surface area (Å²) in [6.07, 6.45) is 1.75. The zero-order valence-corrected chi connectivity index (χ0v) is 20.5. The summed E-state index contributed by atoms with van der Waals surface area (Å²) in [6.45, 7) is 1.30. The van der Waals surface area contributed by atoms with Gasteiger partial charge < -0.3 is 0 Å². The van der Waals surface area contributed by atoms with Crippen LogP contribution >= 0.6 is 0 Å². The number of hydrogen-bond donors (Lipinski definition) is 0. The van der Waals surface area contributed by atoms with Crippen molar-refractivity contribution in [2.24, 2.45) is 0 Å². The van der Waals surface area contributed by atoms with E-state index in [0.29, 0.717) is 13.2 Å². The molecule has 2 nitrogen and oxygen atoms in total. The van der Waals surface area contributed by atoms with Gasteiger partial charge in [0.1, 0.15) is 0 Å². The Balaban J connectivity index is 1.61. The SMILES string of the molecule is c1ccc(CC[O][Sn]([O]CCc2ccccc2)([c]2ccccc2)[c]2ccccc2)cc1. The van der Waals surface area contributed by atoms with Gasteiger partial charge in [-0.2, -0.15) is 0 Å². The molecule has 156 valence electrons. The fourth-order valence-corrected chi connectivity index (χ4v) is 12.7. The average Bonchev–Trinajstić information content (AvgIpc) is 2.85. The van der Waals surface area contributed by atoms with Crippen molar-refractivity contribution in [1.29, 1.82) is 0 Å². The van der Waals surface area contributed by atoms with Crippen LogP contribution < -0.4 is 7.16 Å². The van der Waals surface area contributed by atoms with Crippen molar-refractivity contribution in [2.75, 3.05) is 13.2 Å². The van der Waals surface area contributed by atoms with Crippen molar-refractivity contribution in [1.82, 2.24) is 0 Å². The van der Waals surface area contributed by atoms with Crippen LogP contribution in [0, 0.1) is 0 Å². The van der Waals surface area contributed by atoms with Crippen molar-refractivity contribution < 1.29 is 6.15 Å². The van der Waals surface area contributed by atoms with Crippen LogP contribution in [-0.2, 0) is 19.0 Å². The predicted octanol–water partition coefficient (Wildman–Crippen LogP) is 4.76. The second-order valence-electron chi connectivity index (χ2n) is 7.52. The summed E-state index contributed by atoms with van der Waals surface area (Å²) in [4.78, 5) is 0. The predicted molar refractivity (Wildman–Crippen MR) is 130 cm³/mol. The Morgan fingerprint density at radius 3 is 1.10 bits per heavy atom. The number of rotatable bonds is 10. The second-order valence-corrected chi connectivity index (χ2v) is 16.0. The van der Waals surface area contributed by atoms with Crippen molar-refractivity contribution in [2.45, 2.75) is 12.8 Å². The average molecular weight is 515 g/mol. The molecule has 0 saturated heterocycles. The standard InChI is InChI=1S/2C8H9O.2C6H5.Sn/c2*9-7-6-8-4-2-1-3-5-8;2*1-2-4-6-5-3-1;/h2*1-5H,6-7H2;2*1-5H;/q2*-1;;;+2. The molecule has 0 amide bonds. The van der Waals surface area contributed by atoms with E-state index in [9.17, 15) is 0 Å². The van der Waals surface area contributed by atoms with Crippen LogP contribution in [0.4, 0.5) is 0 Å². The first-order valence-corrected chi connectivity index (χ1v) is 16.0. The molecule has 0 aromatic heterocycles. The molecule has 0 fully saturated rings. The Bertz CT molecular complexity index is 935. The molecule has 0 bridgehead atoms. The fourth-order valence-electron chi connectivity index (χ4n) is 3.77. The molecule has 0 aliphatic rings. The molecule has 0 radical (unpaired) electrons. The van der Waals surface area contributed by atoms with E-state index in [0.717, 1.165) is 12.8 Å². The van der Waals surface area contributed by atoms with Crippen LogP contribution in [0.3, 0.4) is 0 Å². The monoisotopic (exact) mass is 516 g/mol. The summed E-state index contributed by atoms with van der Waals surface area (Å²) in [7, 11) is 0. The first-order valence-electron chi connectivity index (χ1n) is 10.8. The maximum absolute atomic E-state index is 6.83. The van der Waals surface area contributed by atoms with E-state index in [1.165, 1.54) is 18.3 Å². The number of hydrogen-bond acceptors (Lipinski definition) is 2. The first-order chi connectivity index (χ1) is 15.4. The summed E-state index contributed by atoms with van der Waals surface area (Å²) in [6, 6.07) is 42.2. The van der Waals surface area contributed by atoms with Crippen molar-refractivity contribution in [3.63, 3.8) is 0 Å². The van der Waals surface area contributed by atoms with Gasteiger partial charge >= 0.3 is 191 Å². The molecule has 31 heavy (non-hydrogen) atoms. The molecule has 0 heterocycles. The van der Waals surface area contributed by atoms with Crippen LogP contribution in [0.15, 0.2) is 121 Å². The topological polar surface area (TPSA) is 18.5 Å². The molecule has 4 rings (SSSR count). The summed E-state index contributed by atoms with van der Waals surface area (Å²) < 4.78 is 16.1. The van der Waals surface area contributed by atoms with Gasteiger partial charge in [-0.05, 0) is 0 Å². The minimum absolute atomic E-state index is 0.648. The molecular weight excluding hydrogens is 487 g/mol. The van der Waals surface area contributed by atoms with Gasteiger partial charge in [0.05, 0.1) is 0 Å². The maximum atomic E-state index is 6.83. The Morgan fingerprint density at radius 2 is 0.742 bits per heavy atom. The molecule has 0 atom stereocenters. The Kier molecular flexibility index (Phi) is 7.94. The van der Waals surface area contributed by atoms with Crippen molar-refractivity contribution >= 4 is 26.4 Å². The number of benzene rings is 4. The summed E-state index contributed by atoms with van der Waals surface area (Å²) in [5, 5.41) is 0. The van der Waals surface area contributed by atoms with Gasteiger partial charge in [-0.1, -0.05) is 0 Å². The first kappa shape index (κ1) is 21.8. The van der Waals surface area contributed by atoms with Gasteiger partial charge in [-0.25, -0.2) is 0 Å². The van der Waals surface area contributed by atoms with E-state index in [1.807, 2.05) is 0 Å². The molecule has 3 heteroatoms. The van der Waals surface area contributed by atoms with Crippen LogP contribution in [0.25, 0.3) is 0 Å². The molecule has 0 N–H and O–H groups in total. The normalized spacial score (nSPS) is 11.4. The molecule has 0 spiro atoms. The molecule has 0 aliphatic carbocycles. The second kappa shape index (κ2) is 11.3. The van der Waals surface area contributed by atoms with E-state index < -0.39 is 19.2 Å². The third kappa shape index (κ3) is 5.85. The Morgan fingerprint density at radius 1 is 0.419 bits per heavy atom. The molecule has 0 unspecified atom stereocenters. The third-order valence-corrected chi connectivity index (χ3v) is 15.1. The van der Waals surface area contributed by atoms with Crippen LogP contribution in [0.2, 0.25) is 0 Å². The van der Waals surface area contributed by atoms with Gasteiger partial charge in [0, 0.05) is 0 Å². The van der Waals surface area contributed by atoms with Gasteiger partial charge in [-0.15, -0.1) is 0 Å². The molecule has 0 saturated carbocycles. The van der Waals surface area contributed by atoms with Gasteiger partial charge in [0.2, 0.25) is 0 Å². The molecular formula is C28H28O2Sn. The zero-order valence-electron chi connectivity index (χ0n) is 17.7. The summed E-state index contributed by atoms with van der Waals surface area (Å²) in [5.41, 5.74) is 2.57. The van der Waals surface area contributed by atoms with Gasteiger partial charge in [0.15, 0.2) is 0 Å². The molecule has 4 aromatic carbocycles. The van der Waals surface area contributed by atoms with Crippen LogP contribution in [0.1, 0.15) is 11.1 Å².